The maximum Gasteiger partial charge on any atom is 0.262 e. The number of anilines is 1. The first kappa shape index (κ1) is 16.4. The van der Waals surface area contributed by atoms with Gasteiger partial charge in [-0.3, -0.25) is 9.78 Å². The molecule has 1 aliphatic heterocycles. The third-order valence-electron chi connectivity index (χ3n) is 3.52. The van der Waals surface area contributed by atoms with E-state index in [1.165, 1.54) is 18.2 Å². The minimum absolute atomic E-state index is 0.0646. The molecule has 126 valence electrons. The molecule has 0 fully saturated rings. The van der Waals surface area contributed by atoms with Crippen molar-refractivity contribution in [3.8, 4) is 5.75 Å². The number of benzene rings is 1. The number of pyridine rings is 1. The van der Waals surface area contributed by atoms with Crippen LogP contribution in [0.2, 0.25) is 0 Å². The van der Waals surface area contributed by atoms with Crippen LogP contribution in [-0.4, -0.2) is 32.5 Å². The van der Waals surface area contributed by atoms with Gasteiger partial charge in [0.1, 0.15) is 5.75 Å². The Kier molecular flexibility index (Phi) is 4.77. The van der Waals surface area contributed by atoms with Gasteiger partial charge >= 0.3 is 0 Å². The number of sulfonamides is 1. The van der Waals surface area contributed by atoms with Crippen LogP contribution in [-0.2, 0) is 21.2 Å². The van der Waals surface area contributed by atoms with Crippen molar-refractivity contribution in [2.75, 3.05) is 18.5 Å². The lowest BCUT2D eigenvalue weighted by Crippen LogP contribution is -2.27. The first-order valence-corrected chi connectivity index (χ1v) is 8.99. The predicted octanol–water partition coefficient (Wildman–Crippen LogP) is 1.32. The van der Waals surface area contributed by atoms with Gasteiger partial charge in [-0.2, -0.15) is 0 Å². The molecule has 0 saturated heterocycles. The molecule has 0 unspecified atom stereocenters. The highest BCUT2D eigenvalue weighted by atomic mass is 32.2. The number of aromatic nitrogens is 1. The van der Waals surface area contributed by atoms with Gasteiger partial charge in [-0.25, -0.2) is 13.1 Å². The Morgan fingerprint density at radius 1 is 1.25 bits per heavy atom. The molecule has 7 nitrogen and oxygen atoms in total. The number of aryl methyl sites for hydroxylation is 1. The van der Waals surface area contributed by atoms with Crippen molar-refractivity contribution < 1.29 is 17.9 Å². The number of hydrogen-bond donors (Lipinski definition) is 2. The van der Waals surface area contributed by atoms with Gasteiger partial charge in [-0.1, -0.05) is 6.07 Å². The molecule has 0 aliphatic carbocycles. The summed E-state index contributed by atoms with van der Waals surface area (Å²) in [5, 5.41) is 2.60. The number of nitrogens with zero attached hydrogens (tertiary/aromatic N) is 1. The molecular formula is C16H17N3O4S. The Hall–Kier alpha value is -2.45. The summed E-state index contributed by atoms with van der Waals surface area (Å²) in [5.41, 5.74) is 1.29. The van der Waals surface area contributed by atoms with E-state index in [0.29, 0.717) is 30.8 Å². The molecule has 8 heteroatoms. The summed E-state index contributed by atoms with van der Waals surface area (Å²) in [7, 11) is -3.64. The largest absolute Gasteiger partial charge is 0.482 e. The second-order valence-corrected chi connectivity index (χ2v) is 7.08. The Morgan fingerprint density at radius 3 is 2.92 bits per heavy atom. The van der Waals surface area contributed by atoms with Gasteiger partial charge in [0.25, 0.3) is 5.91 Å². The molecule has 3 rings (SSSR count). The van der Waals surface area contributed by atoms with Crippen molar-refractivity contribution in [1.29, 1.82) is 0 Å². The maximum absolute atomic E-state index is 12.3. The predicted molar refractivity (Wildman–Crippen MR) is 88.3 cm³/mol. The van der Waals surface area contributed by atoms with Crippen LogP contribution in [0.15, 0.2) is 47.5 Å². The van der Waals surface area contributed by atoms with Crippen LogP contribution in [0.3, 0.4) is 0 Å². The zero-order valence-corrected chi connectivity index (χ0v) is 13.7. The maximum atomic E-state index is 12.3. The van der Waals surface area contributed by atoms with Gasteiger partial charge in [0, 0.05) is 18.4 Å². The average molecular weight is 347 g/mol. The fraction of sp³-hybridized carbons (Fsp3) is 0.250. The Morgan fingerprint density at radius 2 is 2.12 bits per heavy atom. The van der Waals surface area contributed by atoms with Crippen molar-refractivity contribution in [2.45, 2.75) is 17.7 Å². The quantitative estimate of drug-likeness (QED) is 0.768. The number of ether oxygens (including phenoxy) is 1. The van der Waals surface area contributed by atoms with E-state index in [2.05, 4.69) is 15.0 Å². The standard InChI is InChI=1S/C16H17N3O4S/c20-16-11-23-15-7-6-13(10-14(15)19-16)24(21,22)18-9-3-5-12-4-1-2-8-17-12/h1-2,4,6-8,10,18H,3,5,9,11H2,(H,19,20). The minimum atomic E-state index is -3.64. The van der Waals surface area contributed by atoms with Gasteiger partial charge in [-0.15, -0.1) is 0 Å². The zero-order chi connectivity index (χ0) is 17.0. The topological polar surface area (TPSA) is 97.4 Å². The molecule has 1 aromatic heterocycles. The second kappa shape index (κ2) is 6.98. The van der Waals surface area contributed by atoms with E-state index in [1.54, 1.807) is 6.20 Å². The molecule has 1 amide bonds. The van der Waals surface area contributed by atoms with E-state index >= 15 is 0 Å². The van der Waals surface area contributed by atoms with Crippen LogP contribution in [0.1, 0.15) is 12.1 Å². The minimum Gasteiger partial charge on any atom is -0.482 e. The van der Waals surface area contributed by atoms with Crippen molar-refractivity contribution in [3.63, 3.8) is 0 Å². The molecule has 2 aromatic rings. The van der Waals surface area contributed by atoms with E-state index < -0.39 is 10.0 Å². The van der Waals surface area contributed by atoms with E-state index in [9.17, 15) is 13.2 Å². The average Bonchev–Trinajstić information content (AvgIpc) is 2.59. The zero-order valence-electron chi connectivity index (χ0n) is 12.9. The van der Waals surface area contributed by atoms with Crippen molar-refractivity contribution in [2.24, 2.45) is 0 Å². The van der Waals surface area contributed by atoms with E-state index in [0.717, 1.165) is 5.69 Å². The van der Waals surface area contributed by atoms with Crippen molar-refractivity contribution >= 4 is 21.6 Å². The number of carbonyl (C=O) groups is 1. The smallest absolute Gasteiger partial charge is 0.262 e. The molecule has 1 aliphatic rings. The first-order valence-electron chi connectivity index (χ1n) is 7.51. The van der Waals surface area contributed by atoms with Crippen LogP contribution in [0.4, 0.5) is 5.69 Å². The third kappa shape index (κ3) is 3.90. The number of nitrogens with one attached hydrogen (secondary N) is 2. The van der Waals surface area contributed by atoms with Gasteiger partial charge in [0.15, 0.2) is 6.61 Å². The summed E-state index contributed by atoms with van der Waals surface area (Å²) in [4.78, 5) is 15.6. The highest BCUT2D eigenvalue weighted by molar-refractivity contribution is 7.89. The normalized spacial score (nSPS) is 13.8. The van der Waals surface area contributed by atoms with E-state index in [-0.39, 0.29) is 17.4 Å². The highest BCUT2D eigenvalue weighted by Crippen LogP contribution is 2.29. The molecule has 0 spiro atoms. The SMILES string of the molecule is O=C1COc2ccc(S(=O)(=O)NCCCc3ccccn3)cc2N1. The van der Waals surface area contributed by atoms with Crippen molar-refractivity contribution in [3.05, 3.63) is 48.3 Å². The third-order valence-corrected chi connectivity index (χ3v) is 4.98. The number of rotatable bonds is 6. The summed E-state index contributed by atoms with van der Waals surface area (Å²) in [6.45, 7) is 0.240. The summed E-state index contributed by atoms with van der Waals surface area (Å²) in [6, 6.07) is 10.0. The molecule has 0 bridgehead atoms. The van der Waals surface area contributed by atoms with Gasteiger partial charge < -0.3 is 10.1 Å². The Balaban J connectivity index is 1.61. The fourth-order valence-corrected chi connectivity index (χ4v) is 3.43. The fourth-order valence-electron chi connectivity index (χ4n) is 2.33. The van der Waals surface area contributed by atoms with Crippen molar-refractivity contribution in [1.82, 2.24) is 9.71 Å². The summed E-state index contributed by atoms with van der Waals surface area (Å²) in [5.74, 6) is 0.157. The Labute approximate surface area is 140 Å². The molecule has 2 N–H and O–H groups in total. The van der Waals surface area contributed by atoms with Crippen LogP contribution in [0.5, 0.6) is 5.75 Å². The number of fused-ring (bicyclic) bond motifs is 1. The number of carbonyl (C=O) groups excluding carboxylic acids is 1. The summed E-state index contributed by atoms with van der Waals surface area (Å²) < 4.78 is 32.4. The van der Waals surface area contributed by atoms with E-state index in [1.807, 2.05) is 18.2 Å². The molecule has 0 radical (unpaired) electrons. The van der Waals surface area contributed by atoms with Crippen LogP contribution < -0.4 is 14.8 Å². The molecule has 1 aromatic carbocycles. The lowest BCUT2D eigenvalue weighted by Gasteiger charge is -2.18. The van der Waals surface area contributed by atoms with Gasteiger partial charge in [0.2, 0.25) is 10.0 Å². The van der Waals surface area contributed by atoms with Crippen LogP contribution in [0.25, 0.3) is 0 Å². The molecular weight excluding hydrogens is 330 g/mol. The summed E-state index contributed by atoms with van der Waals surface area (Å²) in [6.07, 6.45) is 3.04. The monoisotopic (exact) mass is 347 g/mol. The molecule has 0 saturated carbocycles. The lowest BCUT2D eigenvalue weighted by molar-refractivity contribution is -0.118. The van der Waals surface area contributed by atoms with Crippen LogP contribution in [0, 0.1) is 0 Å². The van der Waals surface area contributed by atoms with Gasteiger partial charge in [-0.05, 0) is 43.2 Å². The Bertz CT molecular complexity index is 838. The lowest BCUT2D eigenvalue weighted by atomic mass is 10.2. The van der Waals surface area contributed by atoms with Gasteiger partial charge in [0.05, 0.1) is 10.6 Å². The highest BCUT2D eigenvalue weighted by Gasteiger charge is 2.20. The number of hydrogen-bond acceptors (Lipinski definition) is 5. The first-order chi connectivity index (χ1) is 11.5. The second-order valence-electron chi connectivity index (χ2n) is 5.32. The summed E-state index contributed by atoms with van der Waals surface area (Å²) >= 11 is 0. The number of amides is 1. The molecule has 24 heavy (non-hydrogen) atoms. The van der Waals surface area contributed by atoms with E-state index in [4.69, 9.17) is 4.74 Å². The van der Waals surface area contributed by atoms with Crippen LogP contribution >= 0.6 is 0 Å². The molecule has 2 heterocycles. The molecule has 0 atom stereocenters.